The van der Waals surface area contributed by atoms with Gasteiger partial charge in [-0.05, 0) is 43.7 Å². The molecule has 0 radical (unpaired) electrons. The summed E-state index contributed by atoms with van der Waals surface area (Å²) in [6.07, 6.45) is 3.24. The summed E-state index contributed by atoms with van der Waals surface area (Å²) in [6.45, 7) is 4.56. The molecule has 21 heavy (non-hydrogen) atoms. The molecular weight excluding hydrogens is 262 g/mol. The van der Waals surface area contributed by atoms with E-state index < -0.39 is 0 Å². The van der Waals surface area contributed by atoms with Gasteiger partial charge < -0.3 is 4.90 Å². The van der Waals surface area contributed by atoms with Crippen molar-refractivity contribution in [3.8, 4) is 6.07 Å². The molecule has 2 aromatic rings. The average molecular weight is 279 g/mol. The van der Waals surface area contributed by atoms with Crippen molar-refractivity contribution in [2.75, 3.05) is 6.54 Å². The number of hydrogen-bond donors (Lipinski definition) is 0. The Morgan fingerprint density at radius 3 is 2.38 bits per heavy atom. The van der Waals surface area contributed by atoms with Gasteiger partial charge >= 0.3 is 0 Å². The summed E-state index contributed by atoms with van der Waals surface area (Å²) in [4.78, 5) is 18.3. The number of amides is 1. The number of hydrogen-bond acceptors (Lipinski definition) is 3. The molecule has 1 heterocycles. The maximum absolute atomic E-state index is 12.6. The van der Waals surface area contributed by atoms with Gasteiger partial charge in [-0.1, -0.05) is 12.1 Å². The standard InChI is InChI=1S/C17H17N3O/c1-3-20(17(21)16-8-10-19-11-9-16)13(2)15-6-4-14(12-18)5-7-15/h4-11,13H,3H2,1-2H3. The first kappa shape index (κ1) is 14.7. The molecule has 0 aliphatic heterocycles. The van der Waals surface area contributed by atoms with Crippen LogP contribution in [0.2, 0.25) is 0 Å². The highest BCUT2D eigenvalue weighted by molar-refractivity contribution is 5.94. The minimum atomic E-state index is -0.0524. The molecule has 0 aliphatic carbocycles. The predicted octanol–water partition coefficient (Wildman–Crippen LogP) is 3.18. The van der Waals surface area contributed by atoms with Gasteiger partial charge in [-0.25, -0.2) is 0 Å². The van der Waals surface area contributed by atoms with E-state index in [0.717, 1.165) is 5.56 Å². The highest BCUT2D eigenvalue weighted by Crippen LogP contribution is 2.22. The molecule has 1 unspecified atom stereocenters. The molecule has 1 aromatic heterocycles. The predicted molar refractivity (Wildman–Crippen MR) is 80.5 cm³/mol. The molecule has 0 N–H and O–H groups in total. The van der Waals surface area contributed by atoms with Gasteiger partial charge in [-0.15, -0.1) is 0 Å². The number of aromatic nitrogens is 1. The topological polar surface area (TPSA) is 57.0 Å². The Bertz CT molecular complexity index is 644. The molecule has 2 rings (SSSR count). The number of pyridine rings is 1. The van der Waals surface area contributed by atoms with Crippen molar-refractivity contribution in [1.29, 1.82) is 5.26 Å². The fourth-order valence-electron chi connectivity index (χ4n) is 2.27. The first-order valence-electron chi connectivity index (χ1n) is 6.88. The molecule has 0 aliphatic rings. The van der Waals surface area contributed by atoms with Gasteiger partial charge in [-0.2, -0.15) is 5.26 Å². The minimum Gasteiger partial charge on any atom is -0.332 e. The van der Waals surface area contributed by atoms with Crippen molar-refractivity contribution >= 4 is 5.91 Å². The molecule has 0 saturated heterocycles. The second-order valence-corrected chi connectivity index (χ2v) is 4.74. The smallest absolute Gasteiger partial charge is 0.254 e. The van der Waals surface area contributed by atoms with Gasteiger partial charge in [0.2, 0.25) is 0 Å². The van der Waals surface area contributed by atoms with E-state index in [9.17, 15) is 4.79 Å². The molecule has 0 bridgehead atoms. The van der Waals surface area contributed by atoms with Gasteiger partial charge in [0.15, 0.2) is 0 Å². The summed E-state index contributed by atoms with van der Waals surface area (Å²) in [5, 5.41) is 8.84. The lowest BCUT2D eigenvalue weighted by molar-refractivity contribution is 0.0702. The van der Waals surface area contributed by atoms with Crippen LogP contribution in [-0.4, -0.2) is 22.3 Å². The third-order valence-electron chi connectivity index (χ3n) is 3.52. The van der Waals surface area contributed by atoms with Crippen molar-refractivity contribution in [1.82, 2.24) is 9.88 Å². The summed E-state index contributed by atoms with van der Waals surface area (Å²) < 4.78 is 0. The zero-order valence-electron chi connectivity index (χ0n) is 12.2. The maximum Gasteiger partial charge on any atom is 0.254 e. The first-order valence-corrected chi connectivity index (χ1v) is 6.88. The number of nitriles is 1. The van der Waals surface area contributed by atoms with Gasteiger partial charge in [0.1, 0.15) is 0 Å². The summed E-state index contributed by atoms with van der Waals surface area (Å²) in [7, 11) is 0. The minimum absolute atomic E-state index is 0.0169. The van der Waals surface area contributed by atoms with Crippen molar-refractivity contribution in [2.24, 2.45) is 0 Å². The SMILES string of the molecule is CCN(C(=O)c1ccncc1)C(C)c1ccc(C#N)cc1. The Kier molecular flexibility index (Phi) is 4.68. The maximum atomic E-state index is 12.6. The van der Waals surface area contributed by atoms with Crippen molar-refractivity contribution < 1.29 is 4.79 Å². The van der Waals surface area contributed by atoms with Crippen LogP contribution in [0.15, 0.2) is 48.8 Å². The first-order chi connectivity index (χ1) is 10.2. The molecular formula is C17H17N3O. The molecule has 106 valence electrons. The van der Waals surface area contributed by atoms with E-state index in [2.05, 4.69) is 11.1 Å². The molecule has 4 nitrogen and oxygen atoms in total. The van der Waals surface area contributed by atoms with Gasteiger partial charge in [-0.3, -0.25) is 9.78 Å². The Morgan fingerprint density at radius 2 is 1.86 bits per heavy atom. The molecule has 4 heteroatoms. The summed E-state index contributed by atoms with van der Waals surface area (Å²) in [5.74, 6) is -0.0169. The number of carbonyl (C=O) groups excluding carboxylic acids is 1. The highest BCUT2D eigenvalue weighted by atomic mass is 16.2. The second-order valence-electron chi connectivity index (χ2n) is 4.74. The molecule has 0 fully saturated rings. The van der Waals surface area contributed by atoms with E-state index >= 15 is 0 Å². The van der Waals surface area contributed by atoms with Gasteiger partial charge in [0.25, 0.3) is 5.91 Å². The number of nitrogens with zero attached hydrogens (tertiary/aromatic N) is 3. The van der Waals surface area contributed by atoms with Crippen LogP contribution < -0.4 is 0 Å². The third-order valence-corrected chi connectivity index (χ3v) is 3.52. The number of benzene rings is 1. The number of carbonyl (C=O) groups is 1. The Labute approximate surface area is 124 Å². The lowest BCUT2D eigenvalue weighted by Crippen LogP contribution is -2.33. The highest BCUT2D eigenvalue weighted by Gasteiger charge is 2.21. The zero-order valence-corrected chi connectivity index (χ0v) is 12.2. The van der Waals surface area contributed by atoms with Crippen LogP contribution in [0.1, 0.15) is 41.4 Å². The van der Waals surface area contributed by atoms with E-state index in [0.29, 0.717) is 17.7 Å². The molecule has 0 spiro atoms. The third kappa shape index (κ3) is 3.26. The van der Waals surface area contributed by atoms with Gasteiger partial charge in [0.05, 0.1) is 17.7 Å². The van der Waals surface area contributed by atoms with Crippen LogP contribution in [-0.2, 0) is 0 Å². The van der Waals surface area contributed by atoms with Crippen molar-refractivity contribution in [2.45, 2.75) is 19.9 Å². The number of rotatable bonds is 4. The second kappa shape index (κ2) is 6.67. The van der Waals surface area contributed by atoms with Crippen LogP contribution in [0.5, 0.6) is 0 Å². The zero-order chi connectivity index (χ0) is 15.2. The average Bonchev–Trinajstić information content (AvgIpc) is 2.56. The Balaban J connectivity index is 2.24. The van der Waals surface area contributed by atoms with Crippen LogP contribution in [0.3, 0.4) is 0 Å². The monoisotopic (exact) mass is 279 g/mol. The lowest BCUT2D eigenvalue weighted by Gasteiger charge is -2.28. The lowest BCUT2D eigenvalue weighted by atomic mass is 10.0. The summed E-state index contributed by atoms with van der Waals surface area (Å²) >= 11 is 0. The fourth-order valence-corrected chi connectivity index (χ4v) is 2.27. The Hall–Kier alpha value is -2.67. The van der Waals surface area contributed by atoms with Crippen molar-refractivity contribution in [3.63, 3.8) is 0 Å². The van der Waals surface area contributed by atoms with E-state index in [1.807, 2.05) is 26.0 Å². The van der Waals surface area contributed by atoms with E-state index in [-0.39, 0.29) is 11.9 Å². The van der Waals surface area contributed by atoms with Gasteiger partial charge in [0, 0.05) is 24.5 Å². The van der Waals surface area contributed by atoms with E-state index in [4.69, 9.17) is 5.26 Å². The quantitative estimate of drug-likeness (QED) is 0.863. The van der Waals surface area contributed by atoms with E-state index in [1.165, 1.54) is 0 Å². The summed E-state index contributed by atoms with van der Waals surface area (Å²) in [6, 6.07) is 12.8. The molecule has 1 aromatic carbocycles. The Morgan fingerprint density at radius 1 is 1.24 bits per heavy atom. The molecule has 1 atom stereocenters. The largest absolute Gasteiger partial charge is 0.332 e. The normalized spacial score (nSPS) is 11.5. The van der Waals surface area contributed by atoms with Crippen molar-refractivity contribution in [3.05, 3.63) is 65.5 Å². The summed E-state index contributed by atoms with van der Waals surface area (Å²) in [5.41, 5.74) is 2.26. The van der Waals surface area contributed by atoms with E-state index in [1.54, 1.807) is 41.6 Å². The van der Waals surface area contributed by atoms with Crippen LogP contribution >= 0.6 is 0 Å². The fraction of sp³-hybridized carbons (Fsp3) is 0.235. The van der Waals surface area contributed by atoms with Crippen LogP contribution in [0, 0.1) is 11.3 Å². The molecule has 1 amide bonds. The molecule has 0 saturated carbocycles. The van der Waals surface area contributed by atoms with Crippen LogP contribution in [0.25, 0.3) is 0 Å². The van der Waals surface area contributed by atoms with Crippen LogP contribution in [0.4, 0.5) is 0 Å².